The number of hydrogen-bond acceptors (Lipinski definition) is 8. The van der Waals surface area contributed by atoms with Crippen LogP contribution in [0.2, 0.25) is 0 Å². The number of hydrogen-bond donors (Lipinski definition) is 0. The molecule has 8 heteroatoms. The van der Waals surface area contributed by atoms with Crippen molar-refractivity contribution in [3.63, 3.8) is 0 Å². The van der Waals surface area contributed by atoms with E-state index in [1.165, 1.54) is 0 Å². The van der Waals surface area contributed by atoms with E-state index < -0.39 is 0 Å². The molecule has 0 fully saturated rings. The Balaban J connectivity index is 1.50. The molecule has 4 aromatic rings. The highest BCUT2D eigenvalue weighted by Gasteiger charge is 2.26. The number of aliphatic imine (C=N–C) groups is 1. The standard InChI is InChI=1S/C27H15N3O5/c28-11-16-1-3-17(4-2-16)13-30-27-20(12-29)25(18-5-7-21-23(9-18)33-14-31-21)26(35-27)19-6-8-22-24(10-19)34-15-32-22/h1-10,13H,14-15H2. The topological polar surface area (TPSA) is 110 Å². The molecule has 0 spiro atoms. The summed E-state index contributed by atoms with van der Waals surface area (Å²) in [6.45, 7) is 0.292. The van der Waals surface area contributed by atoms with Gasteiger partial charge < -0.3 is 23.4 Å². The normalized spacial score (nSPS) is 13.1. The van der Waals surface area contributed by atoms with Crippen LogP contribution in [0.4, 0.5) is 5.88 Å². The van der Waals surface area contributed by atoms with Crippen molar-refractivity contribution >= 4 is 12.1 Å². The fourth-order valence-electron chi connectivity index (χ4n) is 3.96. The third kappa shape index (κ3) is 3.60. The van der Waals surface area contributed by atoms with E-state index in [2.05, 4.69) is 17.1 Å². The first-order valence-electron chi connectivity index (χ1n) is 10.6. The van der Waals surface area contributed by atoms with Crippen molar-refractivity contribution < 1.29 is 23.4 Å². The van der Waals surface area contributed by atoms with Gasteiger partial charge in [-0.05, 0) is 53.6 Å². The van der Waals surface area contributed by atoms with Gasteiger partial charge >= 0.3 is 0 Å². The zero-order valence-corrected chi connectivity index (χ0v) is 18.1. The Labute approximate surface area is 199 Å². The maximum atomic E-state index is 10.1. The van der Waals surface area contributed by atoms with E-state index in [0.717, 1.165) is 11.1 Å². The molecule has 0 bridgehead atoms. The Hall–Kier alpha value is -5.21. The van der Waals surface area contributed by atoms with Gasteiger partial charge in [0, 0.05) is 17.3 Å². The van der Waals surface area contributed by atoms with E-state index >= 15 is 0 Å². The summed E-state index contributed by atoms with van der Waals surface area (Å²) >= 11 is 0. The predicted octanol–water partition coefficient (Wildman–Crippen LogP) is 5.56. The van der Waals surface area contributed by atoms with Crippen molar-refractivity contribution in [2.45, 2.75) is 0 Å². The third-order valence-electron chi connectivity index (χ3n) is 5.67. The zero-order chi connectivity index (χ0) is 23.8. The van der Waals surface area contributed by atoms with E-state index in [1.54, 1.807) is 42.6 Å². The van der Waals surface area contributed by atoms with Crippen molar-refractivity contribution in [1.29, 1.82) is 10.5 Å². The first kappa shape index (κ1) is 20.4. The smallest absolute Gasteiger partial charge is 0.238 e. The Kier molecular flexibility index (Phi) is 4.83. The molecule has 0 saturated heterocycles. The fraction of sp³-hybridized carbons (Fsp3) is 0.0741. The molecule has 3 heterocycles. The molecule has 35 heavy (non-hydrogen) atoms. The second-order valence-corrected chi connectivity index (χ2v) is 7.73. The van der Waals surface area contributed by atoms with Crippen molar-refractivity contribution in [2.75, 3.05) is 13.6 Å². The van der Waals surface area contributed by atoms with Gasteiger partial charge in [0.05, 0.1) is 11.6 Å². The van der Waals surface area contributed by atoms with Crippen LogP contribution in [0.15, 0.2) is 70.1 Å². The second-order valence-electron chi connectivity index (χ2n) is 7.73. The van der Waals surface area contributed by atoms with Crippen molar-refractivity contribution in [3.8, 4) is 57.6 Å². The molecular weight excluding hydrogens is 446 g/mol. The molecular formula is C27H15N3O5. The van der Waals surface area contributed by atoms with E-state index in [-0.39, 0.29) is 25.0 Å². The molecule has 0 N–H and O–H groups in total. The van der Waals surface area contributed by atoms with Crippen molar-refractivity contribution in [1.82, 2.24) is 0 Å². The third-order valence-corrected chi connectivity index (χ3v) is 5.67. The molecule has 1 aromatic heterocycles. The summed E-state index contributed by atoms with van der Waals surface area (Å²) in [6.07, 6.45) is 1.59. The van der Waals surface area contributed by atoms with Crippen LogP contribution in [0, 0.1) is 22.7 Å². The van der Waals surface area contributed by atoms with Gasteiger partial charge in [-0.1, -0.05) is 18.2 Å². The molecule has 6 rings (SSSR count). The summed E-state index contributed by atoms with van der Waals surface area (Å²) in [6, 6.07) is 22.2. The first-order valence-corrected chi connectivity index (χ1v) is 10.6. The van der Waals surface area contributed by atoms with Gasteiger partial charge in [-0.3, -0.25) is 0 Å². The van der Waals surface area contributed by atoms with Crippen LogP contribution in [-0.4, -0.2) is 19.8 Å². The number of furan rings is 1. The minimum absolute atomic E-state index is 0.143. The molecule has 0 aliphatic carbocycles. The van der Waals surface area contributed by atoms with Gasteiger partial charge in [0.1, 0.15) is 17.4 Å². The summed E-state index contributed by atoms with van der Waals surface area (Å²) in [5.41, 5.74) is 3.60. The lowest BCUT2D eigenvalue weighted by Crippen LogP contribution is -1.93. The summed E-state index contributed by atoms with van der Waals surface area (Å²) in [7, 11) is 0. The lowest BCUT2D eigenvalue weighted by atomic mass is 9.97. The number of nitriles is 2. The highest BCUT2D eigenvalue weighted by Crippen LogP contribution is 2.47. The first-order chi connectivity index (χ1) is 17.2. The minimum Gasteiger partial charge on any atom is -0.454 e. The molecule has 2 aliphatic heterocycles. The summed E-state index contributed by atoms with van der Waals surface area (Å²) in [5.74, 6) is 3.09. The average Bonchev–Trinajstić information content (AvgIpc) is 3.64. The Morgan fingerprint density at radius 1 is 0.714 bits per heavy atom. The van der Waals surface area contributed by atoms with Gasteiger partial charge in [0.15, 0.2) is 23.0 Å². The molecule has 3 aromatic carbocycles. The Bertz CT molecular complexity index is 1570. The SMILES string of the molecule is N#Cc1ccc(C=Nc2oc(-c3ccc4c(c3)OCO4)c(-c3ccc4c(c3)OCO4)c2C#N)cc1. The molecule has 0 unspecified atom stereocenters. The number of fused-ring (bicyclic) bond motifs is 2. The van der Waals surface area contributed by atoms with Crippen LogP contribution in [-0.2, 0) is 0 Å². The number of benzene rings is 3. The summed E-state index contributed by atoms with van der Waals surface area (Å²) in [5, 5.41) is 19.1. The number of rotatable bonds is 4. The van der Waals surface area contributed by atoms with Crippen molar-refractivity contribution in [3.05, 3.63) is 77.4 Å². The summed E-state index contributed by atoms with van der Waals surface area (Å²) in [4.78, 5) is 4.47. The van der Waals surface area contributed by atoms with E-state index in [1.807, 2.05) is 24.3 Å². The minimum atomic E-state index is 0.143. The quantitative estimate of drug-likeness (QED) is 0.366. The monoisotopic (exact) mass is 461 g/mol. The largest absolute Gasteiger partial charge is 0.454 e. The van der Waals surface area contributed by atoms with Crippen LogP contribution < -0.4 is 18.9 Å². The fourth-order valence-corrected chi connectivity index (χ4v) is 3.96. The van der Waals surface area contributed by atoms with Gasteiger partial charge in [0.2, 0.25) is 19.5 Å². The molecule has 2 aliphatic rings. The average molecular weight is 461 g/mol. The lowest BCUT2D eigenvalue weighted by Gasteiger charge is -2.06. The maximum Gasteiger partial charge on any atom is 0.238 e. The van der Waals surface area contributed by atoms with E-state index in [0.29, 0.717) is 45.4 Å². The molecule has 0 saturated carbocycles. The number of nitrogens with zero attached hydrogens (tertiary/aromatic N) is 3. The van der Waals surface area contributed by atoms with Crippen LogP contribution in [0.5, 0.6) is 23.0 Å². The predicted molar refractivity (Wildman–Crippen MR) is 125 cm³/mol. The Morgan fingerprint density at radius 3 is 2.00 bits per heavy atom. The Morgan fingerprint density at radius 2 is 1.34 bits per heavy atom. The van der Waals surface area contributed by atoms with Crippen LogP contribution >= 0.6 is 0 Å². The highest BCUT2D eigenvalue weighted by molar-refractivity contribution is 5.91. The van der Waals surface area contributed by atoms with E-state index in [9.17, 15) is 5.26 Å². The lowest BCUT2D eigenvalue weighted by molar-refractivity contribution is 0.173. The maximum absolute atomic E-state index is 10.1. The second kappa shape index (κ2) is 8.29. The molecule has 0 amide bonds. The van der Waals surface area contributed by atoms with Crippen LogP contribution in [0.3, 0.4) is 0 Å². The number of ether oxygens (including phenoxy) is 4. The van der Waals surface area contributed by atoms with Gasteiger partial charge in [-0.2, -0.15) is 10.5 Å². The van der Waals surface area contributed by atoms with E-state index in [4.69, 9.17) is 28.6 Å². The summed E-state index contributed by atoms with van der Waals surface area (Å²) < 4.78 is 28.1. The van der Waals surface area contributed by atoms with Gasteiger partial charge in [-0.25, -0.2) is 4.99 Å². The molecule has 0 radical (unpaired) electrons. The van der Waals surface area contributed by atoms with Crippen LogP contribution in [0.25, 0.3) is 22.5 Å². The zero-order valence-electron chi connectivity index (χ0n) is 18.1. The highest BCUT2D eigenvalue weighted by atomic mass is 16.7. The van der Waals surface area contributed by atoms with Gasteiger partial charge in [-0.15, -0.1) is 0 Å². The molecule has 8 nitrogen and oxygen atoms in total. The van der Waals surface area contributed by atoms with Gasteiger partial charge in [0.25, 0.3) is 0 Å². The van der Waals surface area contributed by atoms with Crippen molar-refractivity contribution in [2.24, 2.45) is 4.99 Å². The van der Waals surface area contributed by atoms with Crippen LogP contribution in [0.1, 0.15) is 16.7 Å². The molecule has 0 atom stereocenters. The molecule has 168 valence electrons.